The van der Waals surface area contributed by atoms with Crippen LogP contribution in [0, 0.1) is 13.8 Å². The number of hydrogen-bond donors (Lipinski definition) is 1. The first-order valence-corrected chi connectivity index (χ1v) is 9.74. The van der Waals surface area contributed by atoms with Crippen molar-refractivity contribution in [1.82, 2.24) is 15.2 Å². The van der Waals surface area contributed by atoms with E-state index in [4.69, 9.17) is 0 Å². The van der Waals surface area contributed by atoms with Gasteiger partial charge < -0.3 is 15.1 Å². The molecule has 0 spiro atoms. The molecule has 0 saturated carbocycles. The molecule has 0 bridgehead atoms. The quantitative estimate of drug-likeness (QED) is 0.738. The molecule has 1 aromatic heterocycles. The number of aromatic nitrogens is 3. The van der Waals surface area contributed by atoms with Crippen LogP contribution in [0.15, 0.2) is 54.7 Å². The zero-order chi connectivity index (χ0) is 19.3. The molecular weight excluding hydrogens is 348 g/mol. The van der Waals surface area contributed by atoms with Crippen LogP contribution in [-0.4, -0.2) is 41.4 Å². The van der Waals surface area contributed by atoms with Crippen molar-refractivity contribution < 1.29 is 0 Å². The predicted octanol–water partition coefficient (Wildman–Crippen LogP) is 3.43. The van der Waals surface area contributed by atoms with Crippen molar-refractivity contribution in [3.05, 3.63) is 71.4 Å². The van der Waals surface area contributed by atoms with Gasteiger partial charge in [0.1, 0.15) is 0 Å². The molecular formula is C22H26N6. The van der Waals surface area contributed by atoms with Gasteiger partial charge in [0.05, 0.1) is 6.20 Å². The molecule has 2 aromatic carbocycles. The van der Waals surface area contributed by atoms with Crippen molar-refractivity contribution in [3.8, 4) is 0 Å². The van der Waals surface area contributed by atoms with Gasteiger partial charge in [-0.25, -0.2) is 0 Å². The highest BCUT2D eigenvalue weighted by molar-refractivity contribution is 5.50. The fraction of sp³-hybridized carbons (Fsp3) is 0.318. The van der Waals surface area contributed by atoms with Gasteiger partial charge >= 0.3 is 0 Å². The molecule has 1 N–H and O–H groups in total. The fourth-order valence-electron chi connectivity index (χ4n) is 3.50. The van der Waals surface area contributed by atoms with Gasteiger partial charge in [-0.1, -0.05) is 36.4 Å². The number of benzene rings is 2. The van der Waals surface area contributed by atoms with Crippen LogP contribution in [0.4, 0.5) is 17.5 Å². The summed E-state index contributed by atoms with van der Waals surface area (Å²) in [6.07, 6.45) is 1.69. The monoisotopic (exact) mass is 374 g/mol. The van der Waals surface area contributed by atoms with Crippen molar-refractivity contribution in [3.63, 3.8) is 0 Å². The average molecular weight is 374 g/mol. The fourth-order valence-corrected chi connectivity index (χ4v) is 3.50. The van der Waals surface area contributed by atoms with Crippen molar-refractivity contribution in [2.45, 2.75) is 20.4 Å². The molecule has 144 valence electrons. The molecule has 6 nitrogen and oxygen atoms in total. The Morgan fingerprint density at radius 3 is 2.50 bits per heavy atom. The number of nitrogens with one attached hydrogen (secondary N) is 1. The molecule has 0 amide bonds. The molecule has 1 aliphatic rings. The van der Waals surface area contributed by atoms with E-state index in [1.807, 2.05) is 0 Å². The Balaban J connectivity index is 1.38. The molecule has 0 atom stereocenters. The van der Waals surface area contributed by atoms with Gasteiger partial charge in [-0.15, -0.1) is 5.10 Å². The molecule has 0 aliphatic carbocycles. The maximum Gasteiger partial charge on any atom is 0.247 e. The van der Waals surface area contributed by atoms with E-state index in [2.05, 4.69) is 92.7 Å². The molecule has 0 unspecified atom stereocenters. The highest BCUT2D eigenvalue weighted by Crippen LogP contribution is 2.20. The lowest BCUT2D eigenvalue weighted by Gasteiger charge is -2.36. The second-order valence-electron chi connectivity index (χ2n) is 7.23. The van der Waals surface area contributed by atoms with Gasteiger partial charge in [0.15, 0.2) is 5.82 Å². The van der Waals surface area contributed by atoms with E-state index in [1.165, 1.54) is 22.4 Å². The van der Waals surface area contributed by atoms with Gasteiger partial charge in [0, 0.05) is 38.4 Å². The van der Waals surface area contributed by atoms with Crippen LogP contribution in [0.2, 0.25) is 0 Å². The number of hydrogen-bond acceptors (Lipinski definition) is 6. The largest absolute Gasteiger partial charge is 0.368 e. The highest BCUT2D eigenvalue weighted by atomic mass is 15.4. The number of rotatable bonds is 5. The van der Waals surface area contributed by atoms with E-state index >= 15 is 0 Å². The first-order valence-electron chi connectivity index (χ1n) is 9.74. The number of anilines is 3. The average Bonchev–Trinajstić information content (AvgIpc) is 2.73. The zero-order valence-electron chi connectivity index (χ0n) is 16.5. The Bertz CT molecular complexity index is 934. The summed E-state index contributed by atoms with van der Waals surface area (Å²) in [6.45, 7) is 8.66. The Morgan fingerprint density at radius 2 is 1.71 bits per heavy atom. The summed E-state index contributed by atoms with van der Waals surface area (Å²) >= 11 is 0. The molecule has 1 fully saturated rings. The standard InChI is InChI=1S/C22H26N6/c1-17-6-5-9-20(14-17)27-10-12-28(13-11-27)22-25-21(16-24-26-22)23-15-19-8-4-3-7-18(19)2/h3-9,14,16H,10-13,15H2,1-2H3,(H,23,25,26). The van der Waals surface area contributed by atoms with Crippen LogP contribution >= 0.6 is 0 Å². The van der Waals surface area contributed by atoms with Crippen LogP contribution in [0.25, 0.3) is 0 Å². The summed E-state index contributed by atoms with van der Waals surface area (Å²) in [5.74, 6) is 1.45. The van der Waals surface area contributed by atoms with E-state index in [-0.39, 0.29) is 0 Å². The maximum atomic E-state index is 4.68. The minimum Gasteiger partial charge on any atom is -0.368 e. The lowest BCUT2D eigenvalue weighted by atomic mass is 10.1. The second kappa shape index (κ2) is 8.25. The third kappa shape index (κ3) is 4.22. The van der Waals surface area contributed by atoms with Crippen LogP contribution < -0.4 is 15.1 Å². The summed E-state index contributed by atoms with van der Waals surface area (Å²) in [5.41, 5.74) is 5.10. The smallest absolute Gasteiger partial charge is 0.247 e. The van der Waals surface area contributed by atoms with E-state index in [1.54, 1.807) is 6.20 Å². The molecule has 6 heteroatoms. The van der Waals surface area contributed by atoms with Crippen molar-refractivity contribution in [2.75, 3.05) is 41.3 Å². The maximum absolute atomic E-state index is 4.68. The minimum atomic E-state index is 0.693. The molecule has 4 rings (SSSR count). The van der Waals surface area contributed by atoms with E-state index in [0.29, 0.717) is 5.95 Å². The second-order valence-corrected chi connectivity index (χ2v) is 7.23. The summed E-state index contributed by atoms with van der Waals surface area (Å²) < 4.78 is 0. The van der Waals surface area contributed by atoms with Gasteiger partial charge in [-0.3, -0.25) is 0 Å². The van der Waals surface area contributed by atoms with Gasteiger partial charge in [-0.2, -0.15) is 10.1 Å². The van der Waals surface area contributed by atoms with E-state index < -0.39 is 0 Å². The minimum absolute atomic E-state index is 0.693. The van der Waals surface area contributed by atoms with Crippen molar-refractivity contribution >= 4 is 17.5 Å². The van der Waals surface area contributed by atoms with Crippen LogP contribution in [0.1, 0.15) is 16.7 Å². The first-order chi connectivity index (χ1) is 13.7. The normalized spacial score (nSPS) is 14.2. The van der Waals surface area contributed by atoms with Crippen LogP contribution in [0.3, 0.4) is 0 Å². The summed E-state index contributed by atoms with van der Waals surface area (Å²) in [6, 6.07) is 17.0. The van der Waals surface area contributed by atoms with Crippen LogP contribution in [0.5, 0.6) is 0 Å². The topological polar surface area (TPSA) is 57.2 Å². The van der Waals surface area contributed by atoms with E-state index in [9.17, 15) is 0 Å². The molecule has 0 radical (unpaired) electrons. The lowest BCUT2D eigenvalue weighted by Crippen LogP contribution is -2.47. The Labute approximate surface area is 166 Å². The van der Waals surface area contributed by atoms with Gasteiger partial charge in [0.2, 0.25) is 5.95 Å². The Morgan fingerprint density at radius 1 is 0.929 bits per heavy atom. The lowest BCUT2D eigenvalue weighted by molar-refractivity contribution is 0.635. The number of nitrogens with zero attached hydrogens (tertiary/aromatic N) is 5. The SMILES string of the molecule is Cc1cccc(N2CCN(c3nncc(NCc4ccccc4C)n3)CC2)c1. The Kier molecular flexibility index (Phi) is 5.37. The van der Waals surface area contributed by atoms with Crippen LogP contribution in [-0.2, 0) is 6.54 Å². The van der Waals surface area contributed by atoms with E-state index in [0.717, 1.165) is 38.5 Å². The molecule has 28 heavy (non-hydrogen) atoms. The molecule has 1 saturated heterocycles. The van der Waals surface area contributed by atoms with Crippen molar-refractivity contribution in [2.24, 2.45) is 0 Å². The summed E-state index contributed by atoms with van der Waals surface area (Å²) in [7, 11) is 0. The van der Waals surface area contributed by atoms with Gasteiger partial charge in [-0.05, 0) is 42.7 Å². The zero-order valence-corrected chi connectivity index (χ0v) is 16.5. The summed E-state index contributed by atoms with van der Waals surface area (Å²) in [5, 5.41) is 11.8. The predicted molar refractivity (Wildman–Crippen MR) is 114 cm³/mol. The molecule has 1 aliphatic heterocycles. The number of aryl methyl sites for hydroxylation is 2. The Hall–Kier alpha value is -3.15. The third-order valence-electron chi connectivity index (χ3n) is 5.20. The van der Waals surface area contributed by atoms with Gasteiger partial charge in [0.25, 0.3) is 0 Å². The summed E-state index contributed by atoms with van der Waals surface area (Å²) in [4.78, 5) is 9.30. The third-order valence-corrected chi connectivity index (χ3v) is 5.20. The highest BCUT2D eigenvalue weighted by Gasteiger charge is 2.20. The molecule has 2 heterocycles. The first kappa shape index (κ1) is 18.2. The number of piperazine rings is 1. The van der Waals surface area contributed by atoms with Crippen molar-refractivity contribution in [1.29, 1.82) is 0 Å². The molecule has 3 aromatic rings.